The molecule has 2 rings (SSSR count). The number of nitrogens with zero attached hydrogens (tertiary/aromatic N) is 1. The van der Waals surface area contributed by atoms with E-state index in [4.69, 9.17) is 5.11 Å². The van der Waals surface area contributed by atoms with E-state index in [9.17, 15) is 13.2 Å². The van der Waals surface area contributed by atoms with E-state index in [0.717, 1.165) is 31.5 Å². The molecule has 0 aliphatic carbocycles. The van der Waals surface area contributed by atoms with Gasteiger partial charge in [0.05, 0.1) is 10.6 Å². The average molecular weight is 311 g/mol. The third kappa shape index (κ3) is 4.82. The lowest BCUT2D eigenvalue weighted by atomic mass is 10.1. The van der Waals surface area contributed by atoms with Gasteiger partial charge in [-0.15, -0.1) is 0 Å². The minimum absolute atomic E-state index is 0.0566. The molecule has 0 amide bonds. The second-order valence-corrected chi connectivity index (χ2v) is 7.51. The molecule has 0 unspecified atom stereocenters. The van der Waals surface area contributed by atoms with Crippen molar-refractivity contribution in [1.29, 1.82) is 0 Å². The number of hydrogen-bond donors (Lipinski definition) is 1. The summed E-state index contributed by atoms with van der Waals surface area (Å²) in [5, 5.41) is 8.63. The predicted octanol–water partition coefficient (Wildman–Crippen LogP) is 1.57. The van der Waals surface area contributed by atoms with Crippen LogP contribution in [0.2, 0.25) is 0 Å². The first-order valence-corrected chi connectivity index (χ1v) is 8.88. The zero-order valence-corrected chi connectivity index (χ0v) is 12.8. The van der Waals surface area contributed by atoms with Gasteiger partial charge in [-0.3, -0.25) is 4.79 Å². The lowest BCUT2D eigenvalue weighted by Gasteiger charge is -2.14. The van der Waals surface area contributed by atoms with Crippen LogP contribution in [0.15, 0.2) is 29.2 Å². The van der Waals surface area contributed by atoms with Crippen molar-refractivity contribution in [3.8, 4) is 0 Å². The lowest BCUT2D eigenvalue weighted by molar-refractivity contribution is -0.136. The van der Waals surface area contributed by atoms with E-state index in [2.05, 4.69) is 4.90 Å². The van der Waals surface area contributed by atoms with Gasteiger partial charge in [-0.05, 0) is 50.0 Å². The number of rotatable bonds is 7. The SMILES string of the molecule is O=C(O)CCc1ccc(S(=O)(=O)CCN2CCCC2)cc1. The molecule has 1 fully saturated rings. The number of carboxylic acids is 1. The summed E-state index contributed by atoms with van der Waals surface area (Å²) in [5.41, 5.74) is 0.843. The van der Waals surface area contributed by atoms with Crippen LogP contribution in [0.25, 0.3) is 0 Å². The maximum absolute atomic E-state index is 12.2. The highest BCUT2D eigenvalue weighted by Crippen LogP contribution is 2.15. The Balaban J connectivity index is 1.94. The van der Waals surface area contributed by atoms with E-state index in [1.54, 1.807) is 24.3 Å². The molecule has 6 heteroatoms. The number of sulfone groups is 1. The molecule has 0 saturated carbocycles. The Bertz CT molecular complexity index is 574. The van der Waals surface area contributed by atoms with E-state index in [-0.39, 0.29) is 12.2 Å². The molecule has 21 heavy (non-hydrogen) atoms. The second-order valence-electron chi connectivity index (χ2n) is 5.41. The van der Waals surface area contributed by atoms with Gasteiger partial charge in [0, 0.05) is 13.0 Å². The predicted molar refractivity (Wildman–Crippen MR) is 80.1 cm³/mol. The molecular formula is C15H21NO4S. The van der Waals surface area contributed by atoms with Crippen LogP contribution in [0.1, 0.15) is 24.8 Å². The van der Waals surface area contributed by atoms with Gasteiger partial charge in [0.2, 0.25) is 0 Å². The quantitative estimate of drug-likeness (QED) is 0.827. The van der Waals surface area contributed by atoms with Gasteiger partial charge >= 0.3 is 5.97 Å². The summed E-state index contributed by atoms with van der Waals surface area (Å²) in [6, 6.07) is 6.56. The van der Waals surface area contributed by atoms with E-state index in [1.807, 2.05) is 0 Å². The van der Waals surface area contributed by atoms with Crippen LogP contribution in [0.4, 0.5) is 0 Å². The van der Waals surface area contributed by atoms with Crippen molar-refractivity contribution >= 4 is 15.8 Å². The van der Waals surface area contributed by atoms with Crippen LogP contribution in [-0.4, -0.2) is 49.8 Å². The fraction of sp³-hybridized carbons (Fsp3) is 0.533. The summed E-state index contributed by atoms with van der Waals surface area (Å²) in [4.78, 5) is 13.0. The number of carboxylic acid groups (broad SMARTS) is 1. The second kappa shape index (κ2) is 7.04. The summed E-state index contributed by atoms with van der Waals surface area (Å²) >= 11 is 0. The molecule has 1 N–H and O–H groups in total. The first-order valence-electron chi connectivity index (χ1n) is 7.23. The fourth-order valence-corrected chi connectivity index (χ4v) is 3.77. The van der Waals surface area contributed by atoms with E-state index in [1.165, 1.54) is 0 Å². The van der Waals surface area contributed by atoms with Gasteiger partial charge in [-0.1, -0.05) is 12.1 Å². The first-order chi connectivity index (χ1) is 9.97. The maximum atomic E-state index is 12.2. The van der Waals surface area contributed by atoms with Crippen LogP contribution >= 0.6 is 0 Å². The van der Waals surface area contributed by atoms with Gasteiger partial charge < -0.3 is 10.0 Å². The number of carbonyl (C=O) groups is 1. The minimum Gasteiger partial charge on any atom is -0.481 e. The molecule has 1 aliphatic heterocycles. The largest absolute Gasteiger partial charge is 0.481 e. The van der Waals surface area contributed by atoms with E-state index >= 15 is 0 Å². The van der Waals surface area contributed by atoms with Crippen molar-refractivity contribution in [2.24, 2.45) is 0 Å². The number of aryl methyl sites for hydroxylation is 1. The van der Waals surface area contributed by atoms with Gasteiger partial charge in [-0.2, -0.15) is 0 Å². The third-order valence-corrected chi connectivity index (χ3v) is 5.50. The summed E-state index contributed by atoms with van der Waals surface area (Å²) < 4.78 is 24.5. The molecule has 0 atom stereocenters. The van der Waals surface area contributed by atoms with Gasteiger partial charge in [0.1, 0.15) is 0 Å². The van der Waals surface area contributed by atoms with Crippen LogP contribution < -0.4 is 0 Å². The first kappa shape index (κ1) is 16.0. The van der Waals surface area contributed by atoms with Crippen molar-refractivity contribution in [3.05, 3.63) is 29.8 Å². The lowest BCUT2D eigenvalue weighted by Crippen LogP contribution is -2.26. The van der Waals surface area contributed by atoms with Crippen molar-refractivity contribution < 1.29 is 18.3 Å². The molecule has 1 saturated heterocycles. The number of hydrogen-bond acceptors (Lipinski definition) is 4. The Morgan fingerprint density at radius 3 is 2.33 bits per heavy atom. The van der Waals surface area contributed by atoms with Crippen molar-refractivity contribution in [1.82, 2.24) is 4.90 Å². The molecule has 116 valence electrons. The molecule has 0 aromatic heterocycles. The van der Waals surface area contributed by atoms with Crippen LogP contribution in [0.5, 0.6) is 0 Å². The third-order valence-electron chi connectivity index (χ3n) is 3.78. The monoisotopic (exact) mass is 311 g/mol. The zero-order valence-electron chi connectivity index (χ0n) is 12.0. The summed E-state index contributed by atoms with van der Waals surface area (Å²) in [6.07, 6.45) is 2.78. The smallest absolute Gasteiger partial charge is 0.303 e. The minimum atomic E-state index is -3.25. The number of likely N-dealkylation sites (tertiary alicyclic amines) is 1. The standard InChI is InChI=1S/C15H21NO4S/c17-15(18)8-5-13-3-6-14(7-4-13)21(19,20)12-11-16-9-1-2-10-16/h3-4,6-7H,1-2,5,8-12H2,(H,17,18). The average Bonchev–Trinajstić information content (AvgIpc) is 2.97. The molecule has 1 aromatic carbocycles. The normalized spacial score (nSPS) is 16.2. The molecule has 0 bridgehead atoms. The fourth-order valence-electron chi connectivity index (χ4n) is 2.49. The Labute approximate surface area is 125 Å². The molecule has 1 aromatic rings. The van der Waals surface area contributed by atoms with E-state index in [0.29, 0.717) is 17.9 Å². The molecule has 1 heterocycles. The van der Waals surface area contributed by atoms with Gasteiger partial charge in [0.15, 0.2) is 9.84 Å². The van der Waals surface area contributed by atoms with Gasteiger partial charge in [0.25, 0.3) is 0 Å². The summed E-state index contributed by atoms with van der Waals surface area (Å²) in [6.45, 7) is 2.57. The Morgan fingerprint density at radius 2 is 1.76 bits per heavy atom. The van der Waals surface area contributed by atoms with Crippen LogP contribution in [0, 0.1) is 0 Å². The molecule has 1 aliphatic rings. The summed E-state index contributed by atoms with van der Waals surface area (Å²) in [7, 11) is -3.25. The Hall–Kier alpha value is -1.40. The van der Waals surface area contributed by atoms with Crippen LogP contribution in [0.3, 0.4) is 0 Å². The molecular weight excluding hydrogens is 290 g/mol. The maximum Gasteiger partial charge on any atom is 0.303 e. The highest BCUT2D eigenvalue weighted by atomic mass is 32.2. The van der Waals surface area contributed by atoms with Crippen LogP contribution in [-0.2, 0) is 21.1 Å². The highest BCUT2D eigenvalue weighted by molar-refractivity contribution is 7.91. The zero-order chi connectivity index (χ0) is 15.3. The van der Waals surface area contributed by atoms with E-state index < -0.39 is 15.8 Å². The number of benzene rings is 1. The molecule has 0 spiro atoms. The number of aliphatic carboxylic acids is 1. The van der Waals surface area contributed by atoms with Gasteiger partial charge in [-0.25, -0.2) is 8.42 Å². The Kier molecular flexibility index (Phi) is 5.36. The highest BCUT2D eigenvalue weighted by Gasteiger charge is 2.18. The summed E-state index contributed by atoms with van der Waals surface area (Å²) in [5.74, 6) is -0.709. The van der Waals surface area contributed by atoms with Crippen molar-refractivity contribution in [3.63, 3.8) is 0 Å². The van der Waals surface area contributed by atoms with Crippen molar-refractivity contribution in [2.75, 3.05) is 25.4 Å². The topological polar surface area (TPSA) is 74.7 Å². The molecule has 0 radical (unpaired) electrons. The van der Waals surface area contributed by atoms with Crippen molar-refractivity contribution in [2.45, 2.75) is 30.6 Å². The Morgan fingerprint density at radius 1 is 1.14 bits per heavy atom. The molecule has 5 nitrogen and oxygen atoms in total.